The van der Waals surface area contributed by atoms with E-state index in [1.807, 2.05) is 24.5 Å². The maximum atomic E-state index is 4.21. The van der Waals surface area contributed by atoms with Crippen LogP contribution in [0.15, 0.2) is 36.7 Å². The molecule has 0 aliphatic carbocycles. The maximum absolute atomic E-state index is 4.21. The van der Waals surface area contributed by atoms with E-state index >= 15 is 0 Å². The first-order valence-corrected chi connectivity index (χ1v) is 5.73. The van der Waals surface area contributed by atoms with Crippen LogP contribution in [0, 0.1) is 11.8 Å². The molecular weight excluding hydrogens is 194 g/mol. The highest BCUT2D eigenvalue weighted by Gasteiger charge is 1.96. The maximum Gasteiger partial charge on any atom is 0.0507 e. The van der Waals surface area contributed by atoms with E-state index in [4.69, 9.17) is 0 Å². The van der Waals surface area contributed by atoms with Gasteiger partial charge in [-0.1, -0.05) is 49.5 Å². The molecule has 1 nitrogen and oxygen atoms in total. The average Bonchev–Trinajstić information content (AvgIpc) is 2.35. The number of rotatable bonds is 2. The van der Waals surface area contributed by atoms with E-state index in [0.717, 1.165) is 17.4 Å². The van der Waals surface area contributed by atoms with Crippen LogP contribution in [0.1, 0.15) is 31.7 Å². The van der Waals surface area contributed by atoms with Gasteiger partial charge < -0.3 is 0 Å². The SMILES string of the molecule is CCCCC#Cc1cncc2ccccc12. The van der Waals surface area contributed by atoms with Crippen molar-refractivity contribution < 1.29 is 0 Å². The van der Waals surface area contributed by atoms with Crippen LogP contribution in [0.2, 0.25) is 0 Å². The summed E-state index contributed by atoms with van der Waals surface area (Å²) in [6.45, 7) is 2.18. The van der Waals surface area contributed by atoms with Gasteiger partial charge in [0.1, 0.15) is 0 Å². The molecule has 1 heterocycles. The fourth-order valence-electron chi connectivity index (χ4n) is 1.64. The standard InChI is InChI=1S/C15H15N/c1-2-3-4-5-8-13-11-16-12-14-9-6-7-10-15(13)14/h6-7,9-12H,2-4H2,1H3. The third-order valence-corrected chi connectivity index (χ3v) is 2.55. The molecule has 2 rings (SSSR count). The second kappa shape index (κ2) is 5.32. The van der Waals surface area contributed by atoms with Gasteiger partial charge in [-0.05, 0) is 6.42 Å². The molecule has 0 unspecified atom stereocenters. The number of fused-ring (bicyclic) bond motifs is 1. The van der Waals surface area contributed by atoms with Gasteiger partial charge in [-0.2, -0.15) is 0 Å². The van der Waals surface area contributed by atoms with Crippen molar-refractivity contribution >= 4 is 10.8 Å². The molecule has 0 radical (unpaired) electrons. The predicted octanol–water partition coefficient (Wildman–Crippen LogP) is 3.78. The van der Waals surface area contributed by atoms with Gasteiger partial charge in [-0.15, -0.1) is 0 Å². The van der Waals surface area contributed by atoms with E-state index in [9.17, 15) is 0 Å². The number of unbranched alkanes of at least 4 members (excludes halogenated alkanes) is 2. The Morgan fingerprint density at radius 3 is 2.94 bits per heavy atom. The average molecular weight is 209 g/mol. The van der Waals surface area contributed by atoms with E-state index < -0.39 is 0 Å². The van der Waals surface area contributed by atoms with Crippen LogP contribution < -0.4 is 0 Å². The van der Waals surface area contributed by atoms with Crippen molar-refractivity contribution in [2.75, 3.05) is 0 Å². The number of nitrogens with zero attached hydrogens (tertiary/aromatic N) is 1. The quantitative estimate of drug-likeness (QED) is 0.542. The second-order valence-corrected chi connectivity index (χ2v) is 3.81. The molecule has 1 aromatic heterocycles. The monoisotopic (exact) mass is 209 g/mol. The highest BCUT2D eigenvalue weighted by atomic mass is 14.6. The fourth-order valence-corrected chi connectivity index (χ4v) is 1.64. The van der Waals surface area contributed by atoms with E-state index in [2.05, 4.69) is 35.9 Å². The lowest BCUT2D eigenvalue weighted by molar-refractivity contribution is 0.828. The summed E-state index contributed by atoms with van der Waals surface area (Å²) in [7, 11) is 0. The van der Waals surface area contributed by atoms with Gasteiger partial charge in [0, 0.05) is 29.6 Å². The van der Waals surface area contributed by atoms with Gasteiger partial charge >= 0.3 is 0 Å². The zero-order valence-electron chi connectivity index (χ0n) is 9.53. The minimum Gasteiger partial charge on any atom is -0.263 e. The van der Waals surface area contributed by atoms with Crippen LogP contribution in [0.25, 0.3) is 10.8 Å². The van der Waals surface area contributed by atoms with Gasteiger partial charge in [0.15, 0.2) is 0 Å². The molecule has 0 fully saturated rings. The van der Waals surface area contributed by atoms with E-state index in [-0.39, 0.29) is 0 Å². The van der Waals surface area contributed by atoms with Gasteiger partial charge in [0.05, 0.1) is 5.56 Å². The summed E-state index contributed by atoms with van der Waals surface area (Å²) in [5, 5.41) is 2.35. The highest BCUT2D eigenvalue weighted by molar-refractivity contribution is 5.87. The molecule has 0 aliphatic rings. The summed E-state index contributed by atoms with van der Waals surface area (Å²) in [6.07, 6.45) is 7.07. The topological polar surface area (TPSA) is 12.9 Å². The Bertz CT molecular complexity index is 526. The largest absolute Gasteiger partial charge is 0.263 e. The Kier molecular flexibility index (Phi) is 3.56. The van der Waals surface area contributed by atoms with Crippen LogP contribution in [0.3, 0.4) is 0 Å². The molecule has 0 N–H and O–H groups in total. The molecule has 0 amide bonds. The molecule has 0 saturated carbocycles. The van der Waals surface area contributed by atoms with Crippen molar-refractivity contribution in [3.8, 4) is 11.8 Å². The number of hydrogen-bond acceptors (Lipinski definition) is 1. The lowest BCUT2D eigenvalue weighted by Gasteiger charge is -1.98. The van der Waals surface area contributed by atoms with Crippen molar-refractivity contribution in [1.82, 2.24) is 4.98 Å². The van der Waals surface area contributed by atoms with Gasteiger partial charge in [-0.25, -0.2) is 0 Å². The Labute approximate surface area is 96.5 Å². The van der Waals surface area contributed by atoms with Gasteiger partial charge in [0.2, 0.25) is 0 Å². The molecule has 2 aromatic rings. The lowest BCUT2D eigenvalue weighted by Crippen LogP contribution is -1.82. The first-order valence-electron chi connectivity index (χ1n) is 5.73. The predicted molar refractivity (Wildman–Crippen MR) is 68.1 cm³/mol. The Hall–Kier alpha value is -1.81. The lowest BCUT2D eigenvalue weighted by atomic mass is 10.1. The number of pyridine rings is 1. The molecule has 0 saturated heterocycles. The molecular formula is C15H15N. The number of benzene rings is 1. The molecule has 0 aliphatic heterocycles. The van der Waals surface area contributed by atoms with Crippen molar-refractivity contribution in [3.05, 3.63) is 42.2 Å². The van der Waals surface area contributed by atoms with E-state index in [1.54, 1.807) is 0 Å². The fraction of sp³-hybridized carbons (Fsp3) is 0.267. The first kappa shape index (κ1) is 10.7. The van der Waals surface area contributed by atoms with Crippen molar-refractivity contribution in [2.45, 2.75) is 26.2 Å². The van der Waals surface area contributed by atoms with Crippen molar-refractivity contribution in [1.29, 1.82) is 0 Å². The van der Waals surface area contributed by atoms with Crippen LogP contribution in [-0.2, 0) is 0 Å². The zero-order valence-corrected chi connectivity index (χ0v) is 9.53. The van der Waals surface area contributed by atoms with Crippen molar-refractivity contribution in [3.63, 3.8) is 0 Å². The Balaban J connectivity index is 2.32. The molecule has 0 atom stereocenters. The third-order valence-electron chi connectivity index (χ3n) is 2.55. The molecule has 80 valence electrons. The Morgan fingerprint density at radius 2 is 2.06 bits per heavy atom. The zero-order chi connectivity index (χ0) is 11.2. The molecule has 1 aromatic carbocycles. The molecule has 1 heteroatoms. The summed E-state index contributed by atoms with van der Waals surface area (Å²) >= 11 is 0. The van der Waals surface area contributed by atoms with Crippen LogP contribution in [-0.4, -0.2) is 4.98 Å². The number of hydrogen-bond donors (Lipinski definition) is 0. The summed E-state index contributed by atoms with van der Waals surface area (Å²) in [6, 6.07) is 8.23. The second-order valence-electron chi connectivity index (χ2n) is 3.81. The van der Waals surface area contributed by atoms with Crippen LogP contribution >= 0.6 is 0 Å². The molecule has 0 bridgehead atoms. The van der Waals surface area contributed by atoms with Crippen molar-refractivity contribution in [2.24, 2.45) is 0 Å². The minimum atomic E-state index is 0.972. The highest BCUT2D eigenvalue weighted by Crippen LogP contribution is 2.15. The summed E-state index contributed by atoms with van der Waals surface area (Å²) in [5.74, 6) is 6.41. The first-order chi connectivity index (χ1) is 7.92. The number of aromatic nitrogens is 1. The smallest absolute Gasteiger partial charge is 0.0507 e. The summed E-state index contributed by atoms with van der Waals surface area (Å²) in [4.78, 5) is 4.21. The normalized spacial score (nSPS) is 9.81. The molecule has 16 heavy (non-hydrogen) atoms. The third kappa shape index (κ3) is 2.41. The van der Waals surface area contributed by atoms with Crippen LogP contribution in [0.4, 0.5) is 0 Å². The molecule has 0 spiro atoms. The Morgan fingerprint density at radius 1 is 1.19 bits per heavy atom. The van der Waals surface area contributed by atoms with Gasteiger partial charge in [0.25, 0.3) is 0 Å². The minimum absolute atomic E-state index is 0.972. The summed E-state index contributed by atoms with van der Waals surface area (Å²) in [5.41, 5.74) is 1.04. The van der Waals surface area contributed by atoms with E-state index in [0.29, 0.717) is 0 Å². The van der Waals surface area contributed by atoms with E-state index in [1.165, 1.54) is 18.2 Å². The summed E-state index contributed by atoms with van der Waals surface area (Å²) < 4.78 is 0. The van der Waals surface area contributed by atoms with Gasteiger partial charge in [-0.3, -0.25) is 4.98 Å². The van der Waals surface area contributed by atoms with Crippen LogP contribution in [0.5, 0.6) is 0 Å².